The highest BCUT2D eigenvalue weighted by molar-refractivity contribution is 5.94. The van der Waals surface area contributed by atoms with Crippen LogP contribution in [0, 0.1) is 23.7 Å². The maximum atomic E-state index is 13.0. The summed E-state index contributed by atoms with van der Waals surface area (Å²) >= 11 is 0. The molecular formula is C26H32N2O4. The van der Waals surface area contributed by atoms with Crippen molar-refractivity contribution in [2.45, 2.75) is 44.0 Å². The highest BCUT2D eigenvalue weighted by atomic mass is 16.6. The number of piperazine rings is 1. The minimum Gasteiger partial charge on any atom is -0.461 e. The van der Waals surface area contributed by atoms with Crippen LogP contribution in [0.4, 0.5) is 0 Å². The lowest BCUT2D eigenvalue weighted by Gasteiger charge is -2.36. The molecule has 1 amide bonds. The third-order valence-corrected chi connectivity index (χ3v) is 8.85. The molecule has 1 aromatic carbocycles. The number of amides is 1. The topological polar surface area (TPSA) is 62.4 Å². The van der Waals surface area contributed by atoms with E-state index in [4.69, 9.17) is 9.47 Å². The molecule has 6 rings (SSSR count). The van der Waals surface area contributed by atoms with Crippen LogP contribution in [0.15, 0.2) is 42.5 Å². The second-order valence-electron chi connectivity index (χ2n) is 10.5. The quantitative estimate of drug-likeness (QED) is 0.414. The van der Waals surface area contributed by atoms with Crippen LogP contribution in [0.1, 0.15) is 36.5 Å². The Morgan fingerprint density at radius 1 is 1.19 bits per heavy atom. The summed E-state index contributed by atoms with van der Waals surface area (Å²) < 4.78 is 12.1. The van der Waals surface area contributed by atoms with E-state index in [9.17, 15) is 9.59 Å². The zero-order chi connectivity index (χ0) is 22.0. The molecule has 0 radical (unpaired) electrons. The number of carbonyl (C=O) groups is 2. The summed E-state index contributed by atoms with van der Waals surface area (Å²) in [5, 5.41) is 0. The second-order valence-corrected chi connectivity index (χ2v) is 10.5. The van der Waals surface area contributed by atoms with Gasteiger partial charge in [0.1, 0.15) is 6.10 Å². The van der Waals surface area contributed by atoms with E-state index in [-0.39, 0.29) is 41.3 Å². The first kappa shape index (κ1) is 20.4. The van der Waals surface area contributed by atoms with Crippen LogP contribution in [-0.4, -0.2) is 72.2 Å². The predicted molar refractivity (Wildman–Crippen MR) is 119 cm³/mol. The average molecular weight is 437 g/mol. The van der Waals surface area contributed by atoms with Gasteiger partial charge in [-0.2, -0.15) is 0 Å². The Hall–Kier alpha value is -2.18. The number of ether oxygens (including phenoxy) is 2. The predicted octanol–water partition coefficient (Wildman–Crippen LogP) is 2.75. The summed E-state index contributed by atoms with van der Waals surface area (Å²) in [6.07, 6.45) is 3.25. The molecule has 6 nitrogen and oxygen atoms in total. The fourth-order valence-corrected chi connectivity index (χ4v) is 6.94. The average Bonchev–Trinajstić information content (AvgIpc) is 3.29. The number of nitrogens with zero attached hydrogens (tertiary/aromatic N) is 2. The zero-order valence-corrected chi connectivity index (χ0v) is 18.7. The number of hydrogen-bond acceptors (Lipinski definition) is 5. The van der Waals surface area contributed by atoms with Crippen molar-refractivity contribution in [1.82, 2.24) is 9.80 Å². The maximum absolute atomic E-state index is 13.0. The minimum absolute atomic E-state index is 0.0400. The minimum atomic E-state index is -0.139. The van der Waals surface area contributed by atoms with Crippen LogP contribution in [0.25, 0.3) is 0 Å². The number of allylic oxidation sites excluding steroid dienone is 1. The molecule has 0 unspecified atom stereocenters. The van der Waals surface area contributed by atoms with Crippen LogP contribution >= 0.6 is 0 Å². The van der Waals surface area contributed by atoms with E-state index < -0.39 is 0 Å². The van der Waals surface area contributed by atoms with Gasteiger partial charge in [-0.25, -0.2) is 0 Å². The highest BCUT2D eigenvalue weighted by Crippen LogP contribution is 2.63. The van der Waals surface area contributed by atoms with E-state index in [1.54, 1.807) is 0 Å². The van der Waals surface area contributed by atoms with Gasteiger partial charge in [-0.15, -0.1) is 0 Å². The summed E-state index contributed by atoms with van der Waals surface area (Å²) in [4.78, 5) is 30.0. The number of hydrogen-bond donors (Lipinski definition) is 0. The molecule has 2 saturated carbocycles. The molecule has 0 N–H and O–H groups in total. The third-order valence-electron chi connectivity index (χ3n) is 8.85. The molecule has 32 heavy (non-hydrogen) atoms. The first-order valence-corrected chi connectivity index (χ1v) is 12.1. The number of esters is 1. The van der Waals surface area contributed by atoms with Gasteiger partial charge in [-0.05, 0) is 44.2 Å². The van der Waals surface area contributed by atoms with Crippen LogP contribution in [0.5, 0.6) is 0 Å². The van der Waals surface area contributed by atoms with Crippen molar-refractivity contribution in [1.29, 1.82) is 0 Å². The summed E-state index contributed by atoms with van der Waals surface area (Å²) in [6, 6.07) is 9.46. The molecule has 170 valence electrons. The van der Waals surface area contributed by atoms with E-state index in [1.807, 2.05) is 35.2 Å². The molecule has 5 aliphatic rings. The zero-order valence-electron chi connectivity index (χ0n) is 18.7. The molecule has 0 spiro atoms. The monoisotopic (exact) mass is 436 g/mol. The van der Waals surface area contributed by atoms with Crippen LogP contribution < -0.4 is 0 Å². The van der Waals surface area contributed by atoms with Crippen LogP contribution in [0.3, 0.4) is 0 Å². The fourth-order valence-electron chi connectivity index (χ4n) is 6.94. The van der Waals surface area contributed by atoms with Gasteiger partial charge in [0.05, 0.1) is 17.6 Å². The Bertz CT molecular complexity index is 940. The standard InChI is InChI=1S/C26H32N2O4/c1-16-8-9-18-20(25(30)31-23(18)22-19(16)14-21-26(22,2)32-21)15-27-10-12-28(13-11-27)24(29)17-6-4-3-5-7-17/h3-7,18-23H,1,8-15H2,2H3/t18-,19+,20-,21+,22-,23+,26+/m0/s1. The van der Waals surface area contributed by atoms with Crippen molar-refractivity contribution >= 4 is 11.9 Å². The largest absolute Gasteiger partial charge is 0.461 e. The lowest BCUT2D eigenvalue weighted by atomic mass is 9.77. The first-order chi connectivity index (χ1) is 15.5. The molecule has 7 atom stereocenters. The Balaban J connectivity index is 1.12. The van der Waals surface area contributed by atoms with Gasteiger partial charge in [0.2, 0.25) is 0 Å². The molecule has 5 fully saturated rings. The summed E-state index contributed by atoms with van der Waals surface area (Å²) in [6.45, 7) is 10.3. The molecule has 0 bridgehead atoms. The highest BCUT2D eigenvalue weighted by Gasteiger charge is 2.71. The number of benzene rings is 1. The molecular weight excluding hydrogens is 404 g/mol. The van der Waals surface area contributed by atoms with Crippen LogP contribution in [-0.2, 0) is 14.3 Å². The van der Waals surface area contributed by atoms with Gasteiger partial charge in [-0.1, -0.05) is 30.4 Å². The number of epoxide rings is 1. The Morgan fingerprint density at radius 3 is 2.69 bits per heavy atom. The molecule has 2 aliphatic carbocycles. The van der Waals surface area contributed by atoms with Gasteiger partial charge in [0.25, 0.3) is 5.91 Å². The molecule has 3 saturated heterocycles. The van der Waals surface area contributed by atoms with Crippen molar-refractivity contribution in [3.63, 3.8) is 0 Å². The smallest absolute Gasteiger partial charge is 0.310 e. The van der Waals surface area contributed by atoms with Crippen molar-refractivity contribution in [2.75, 3.05) is 32.7 Å². The van der Waals surface area contributed by atoms with E-state index in [2.05, 4.69) is 18.4 Å². The number of carbonyl (C=O) groups excluding carboxylic acids is 2. The van der Waals surface area contributed by atoms with Gasteiger partial charge >= 0.3 is 5.97 Å². The molecule has 3 heterocycles. The fraction of sp³-hybridized carbons (Fsp3) is 0.615. The lowest BCUT2D eigenvalue weighted by molar-refractivity contribution is -0.147. The Labute approximate surface area is 189 Å². The molecule has 3 aliphatic heterocycles. The van der Waals surface area contributed by atoms with E-state index >= 15 is 0 Å². The van der Waals surface area contributed by atoms with Crippen LogP contribution in [0.2, 0.25) is 0 Å². The van der Waals surface area contributed by atoms with Gasteiger partial charge in [0.15, 0.2) is 0 Å². The van der Waals surface area contributed by atoms with Crippen molar-refractivity contribution < 1.29 is 19.1 Å². The third kappa shape index (κ3) is 3.14. The maximum Gasteiger partial charge on any atom is 0.310 e. The molecule has 0 aromatic heterocycles. The summed E-state index contributed by atoms with van der Waals surface area (Å²) in [7, 11) is 0. The summed E-state index contributed by atoms with van der Waals surface area (Å²) in [5.41, 5.74) is 1.92. The van der Waals surface area contributed by atoms with E-state index in [0.717, 1.165) is 44.5 Å². The SMILES string of the molecule is C=C1CC[C@@H]2[C@@H](OC(=O)[C@H]2CN2CCN(C(=O)c3ccccc3)CC2)[C@@H]2[C@@H]1C[C@H]1O[C@@]21C. The van der Waals surface area contributed by atoms with Crippen molar-refractivity contribution in [3.8, 4) is 0 Å². The number of rotatable bonds is 3. The number of fused-ring (bicyclic) bond motifs is 5. The van der Waals surface area contributed by atoms with E-state index in [0.29, 0.717) is 25.1 Å². The molecule has 1 aromatic rings. The van der Waals surface area contributed by atoms with Crippen molar-refractivity contribution in [3.05, 3.63) is 48.0 Å². The lowest BCUT2D eigenvalue weighted by Crippen LogP contribution is -2.50. The van der Waals surface area contributed by atoms with Gasteiger partial charge < -0.3 is 14.4 Å². The Morgan fingerprint density at radius 2 is 1.94 bits per heavy atom. The summed E-state index contributed by atoms with van der Waals surface area (Å²) in [5.74, 6) is 0.867. The van der Waals surface area contributed by atoms with E-state index in [1.165, 1.54) is 5.57 Å². The normalized spacial score (nSPS) is 40.8. The van der Waals surface area contributed by atoms with Gasteiger partial charge in [0, 0.05) is 50.1 Å². The molecule has 6 heteroatoms. The van der Waals surface area contributed by atoms with Gasteiger partial charge in [-0.3, -0.25) is 14.5 Å². The second kappa shape index (κ2) is 7.42. The first-order valence-electron chi connectivity index (χ1n) is 12.1. The van der Waals surface area contributed by atoms with Crippen molar-refractivity contribution in [2.24, 2.45) is 23.7 Å². The Kier molecular flexibility index (Phi) is 4.74.